The van der Waals surface area contributed by atoms with Gasteiger partial charge in [0, 0.05) is 68.4 Å². The van der Waals surface area contributed by atoms with E-state index in [1.54, 1.807) is 29.1 Å². The lowest BCUT2D eigenvalue weighted by Gasteiger charge is -2.35. The van der Waals surface area contributed by atoms with Gasteiger partial charge in [-0.25, -0.2) is 13.4 Å². The zero-order chi connectivity index (χ0) is 33.1. The van der Waals surface area contributed by atoms with Crippen LogP contribution >= 0.6 is 11.3 Å². The molecule has 1 saturated heterocycles. The molecule has 10 nitrogen and oxygen atoms in total. The molecule has 1 fully saturated rings. The van der Waals surface area contributed by atoms with Crippen LogP contribution in [0.2, 0.25) is 0 Å². The number of rotatable bonds is 9. The maximum atomic E-state index is 13.3. The molecule has 0 spiro atoms. The van der Waals surface area contributed by atoms with Crippen molar-refractivity contribution in [2.75, 3.05) is 60.3 Å². The van der Waals surface area contributed by atoms with Gasteiger partial charge in [0.1, 0.15) is 21.3 Å². The number of carbonyl (C=O) groups is 1. The number of aromatic nitrogens is 2. The SMILES string of the molecule is Cc1c(NC(=O)c2cc3c(s2)CCCCC3)cccc1-c1cc(Nc2ccc(N3CCN(CCS(C)(=O)=O)CC3)cn2)c(=O)n(C)c1. The Balaban J connectivity index is 1.14. The zero-order valence-electron chi connectivity index (χ0n) is 27.2. The number of anilines is 4. The summed E-state index contributed by atoms with van der Waals surface area (Å²) in [5, 5.41) is 6.35. The third-order valence-electron chi connectivity index (χ3n) is 9.07. The Morgan fingerprint density at radius 1 is 1.00 bits per heavy atom. The molecule has 12 heteroatoms. The van der Waals surface area contributed by atoms with Crippen molar-refractivity contribution >= 4 is 50.0 Å². The molecule has 47 heavy (non-hydrogen) atoms. The number of thiophene rings is 1. The fourth-order valence-electron chi connectivity index (χ4n) is 6.31. The van der Waals surface area contributed by atoms with Crippen LogP contribution in [0, 0.1) is 6.92 Å². The molecule has 6 rings (SSSR count). The van der Waals surface area contributed by atoms with E-state index in [-0.39, 0.29) is 17.2 Å². The highest BCUT2D eigenvalue weighted by Gasteiger charge is 2.20. The average molecular weight is 675 g/mol. The predicted octanol–water partition coefficient (Wildman–Crippen LogP) is 5.25. The van der Waals surface area contributed by atoms with Gasteiger partial charge in [0.25, 0.3) is 11.5 Å². The molecule has 1 amide bonds. The van der Waals surface area contributed by atoms with Crippen molar-refractivity contribution in [2.24, 2.45) is 7.05 Å². The molecular formula is C35H42N6O4S2. The van der Waals surface area contributed by atoms with E-state index in [2.05, 4.69) is 31.5 Å². The number of hydrogen-bond donors (Lipinski definition) is 2. The molecule has 0 unspecified atom stereocenters. The van der Waals surface area contributed by atoms with Crippen molar-refractivity contribution in [1.29, 1.82) is 0 Å². The van der Waals surface area contributed by atoms with Gasteiger partial charge in [0.15, 0.2) is 0 Å². The van der Waals surface area contributed by atoms with Crippen LogP contribution in [0.1, 0.15) is 44.9 Å². The molecule has 0 atom stereocenters. The van der Waals surface area contributed by atoms with Gasteiger partial charge in [-0.15, -0.1) is 11.3 Å². The smallest absolute Gasteiger partial charge is 0.274 e. The number of nitrogens with zero attached hydrogens (tertiary/aromatic N) is 4. The van der Waals surface area contributed by atoms with Crippen LogP contribution in [0.15, 0.2) is 59.7 Å². The van der Waals surface area contributed by atoms with Crippen LogP contribution in [0.5, 0.6) is 0 Å². The summed E-state index contributed by atoms with van der Waals surface area (Å²) in [7, 11) is -1.25. The van der Waals surface area contributed by atoms with Gasteiger partial charge in [0.05, 0.1) is 22.5 Å². The first-order valence-electron chi connectivity index (χ1n) is 16.2. The molecule has 0 saturated carbocycles. The lowest BCUT2D eigenvalue weighted by atomic mass is 10.00. The summed E-state index contributed by atoms with van der Waals surface area (Å²) in [4.78, 5) is 37.5. The standard InChI is InChI=1S/C35H42N6O4S2/c1-24-28(9-7-10-29(24)38-34(42)32-21-25-8-5-4-6-11-31(25)46-32)26-20-30(35(43)39(2)23-26)37-33-13-12-27(22-36-33)41-16-14-40(15-17-41)18-19-47(3,44)45/h7,9-10,12-13,20-23H,4-6,8,11,14-19H2,1-3H3,(H,36,37)(H,38,42). The Morgan fingerprint density at radius 3 is 2.53 bits per heavy atom. The van der Waals surface area contributed by atoms with E-state index in [1.807, 2.05) is 49.5 Å². The summed E-state index contributed by atoms with van der Waals surface area (Å²) < 4.78 is 24.6. The second-order valence-corrected chi connectivity index (χ2v) is 16.0. The Bertz CT molecular complexity index is 1900. The Labute approximate surface area is 280 Å². The number of carbonyl (C=O) groups excluding carboxylic acids is 1. The third kappa shape index (κ3) is 7.94. The summed E-state index contributed by atoms with van der Waals surface area (Å²) in [6, 6.07) is 13.6. The van der Waals surface area contributed by atoms with Crippen molar-refractivity contribution in [1.82, 2.24) is 14.5 Å². The Morgan fingerprint density at radius 2 is 1.79 bits per heavy atom. The second-order valence-electron chi connectivity index (χ2n) is 12.6. The number of fused-ring (bicyclic) bond motifs is 1. The molecular weight excluding hydrogens is 633 g/mol. The van der Waals surface area contributed by atoms with E-state index in [0.717, 1.165) is 72.0 Å². The third-order valence-corrected chi connectivity index (χ3v) is 11.2. The number of sulfone groups is 1. The van der Waals surface area contributed by atoms with E-state index < -0.39 is 9.84 Å². The first-order valence-corrected chi connectivity index (χ1v) is 19.0. The number of amides is 1. The Hall–Kier alpha value is -4.00. The van der Waals surface area contributed by atoms with Crippen LogP contribution < -0.4 is 21.1 Å². The first kappa shape index (κ1) is 32.9. The average Bonchev–Trinajstić information content (AvgIpc) is 3.33. The fourth-order valence-corrected chi connectivity index (χ4v) is 8.04. The summed E-state index contributed by atoms with van der Waals surface area (Å²) in [5.74, 6) is 0.644. The highest BCUT2D eigenvalue weighted by Crippen LogP contribution is 2.32. The van der Waals surface area contributed by atoms with Crippen LogP contribution in [0.3, 0.4) is 0 Å². The number of hydrogen-bond acceptors (Lipinski definition) is 9. The minimum atomic E-state index is -2.97. The second kappa shape index (κ2) is 14.0. The van der Waals surface area contributed by atoms with Crippen molar-refractivity contribution in [3.63, 3.8) is 0 Å². The van der Waals surface area contributed by atoms with E-state index >= 15 is 0 Å². The first-order chi connectivity index (χ1) is 22.5. The molecule has 2 aliphatic rings. The minimum Gasteiger partial charge on any atom is -0.368 e. The molecule has 0 bridgehead atoms. The lowest BCUT2D eigenvalue weighted by Crippen LogP contribution is -2.47. The quantitative estimate of drug-likeness (QED) is 0.232. The number of pyridine rings is 2. The van der Waals surface area contributed by atoms with Gasteiger partial charge in [-0.05, 0) is 79.6 Å². The summed E-state index contributed by atoms with van der Waals surface area (Å²) >= 11 is 1.61. The van der Waals surface area contributed by atoms with E-state index in [9.17, 15) is 18.0 Å². The van der Waals surface area contributed by atoms with Crippen LogP contribution in [-0.4, -0.2) is 73.5 Å². The number of benzene rings is 1. The number of nitrogens with one attached hydrogen (secondary N) is 2. The molecule has 3 aromatic heterocycles. The van der Waals surface area contributed by atoms with Gasteiger partial charge >= 0.3 is 0 Å². The number of aryl methyl sites for hydroxylation is 3. The van der Waals surface area contributed by atoms with E-state index in [0.29, 0.717) is 18.1 Å². The maximum absolute atomic E-state index is 13.3. The molecule has 1 aliphatic heterocycles. The topological polar surface area (TPSA) is 117 Å². The van der Waals surface area contributed by atoms with Crippen LogP contribution in [-0.2, 0) is 29.7 Å². The maximum Gasteiger partial charge on any atom is 0.274 e. The van der Waals surface area contributed by atoms with Gasteiger partial charge in [0.2, 0.25) is 0 Å². The normalized spacial score (nSPS) is 15.6. The molecule has 1 aliphatic carbocycles. The molecule has 4 heterocycles. The minimum absolute atomic E-state index is 0.0884. The zero-order valence-corrected chi connectivity index (χ0v) is 28.8. The van der Waals surface area contributed by atoms with Crippen molar-refractivity contribution < 1.29 is 13.2 Å². The summed E-state index contributed by atoms with van der Waals surface area (Å²) in [6.45, 7) is 5.69. The summed E-state index contributed by atoms with van der Waals surface area (Å²) in [6.07, 6.45) is 10.6. The number of piperazine rings is 1. The predicted molar refractivity (Wildman–Crippen MR) is 191 cm³/mol. The van der Waals surface area contributed by atoms with Crippen molar-refractivity contribution in [3.05, 3.63) is 86.1 Å². The van der Waals surface area contributed by atoms with Crippen LogP contribution in [0.25, 0.3) is 11.1 Å². The molecule has 248 valence electrons. The van der Waals surface area contributed by atoms with Crippen molar-refractivity contribution in [2.45, 2.75) is 39.0 Å². The molecule has 0 radical (unpaired) electrons. The molecule has 2 N–H and O–H groups in total. The highest BCUT2D eigenvalue weighted by molar-refractivity contribution is 7.90. The van der Waals surface area contributed by atoms with Gasteiger partial charge < -0.3 is 20.1 Å². The van der Waals surface area contributed by atoms with Gasteiger partial charge in [-0.3, -0.25) is 14.5 Å². The fraction of sp³-hybridized carbons (Fsp3) is 0.400. The lowest BCUT2D eigenvalue weighted by molar-refractivity contribution is 0.103. The van der Waals surface area contributed by atoms with E-state index in [4.69, 9.17) is 0 Å². The summed E-state index contributed by atoms with van der Waals surface area (Å²) in [5.41, 5.74) is 5.95. The van der Waals surface area contributed by atoms with Crippen molar-refractivity contribution in [3.8, 4) is 11.1 Å². The van der Waals surface area contributed by atoms with Gasteiger partial charge in [-0.2, -0.15) is 0 Å². The molecule has 1 aromatic carbocycles. The largest absolute Gasteiger partial charge is 0.368 e. The Kier molecular flexibility index (Phi) is 9.81. The monoisotopic (exact) mass is 674 g/mol. The van der Waals surface area contributed by atoms with Crippen LogP contribution in [0.4, 0.5) is 22.9 Å². The molecule has 4 aromatic rings. The van der Waals surface area contributed by atoms with Gasteiger partial charge in [-0.1, -0.05) is 18.6 Å². The highest BCUT2D eigenvalue weighted by atomic mass is 32.2. The van der Waals surface area contributed by atoms with E-state index in [1.165, 1.54) is 36.0 Å².